The number of halogens is 2. The highest BCUT2D eigenvalue weighted by Crippen LogP contribution is 2.28. The summed E-state index contributed by atoms with van der Waals surface area (Å²) < 4.78 is 25.3. The molecule has 0 aliphatic heterocycles. The Morgan fingerprint density at radius 2 is 2.05 bits per heavy atom. The lowest BCUT2D eigenvalue weighted by molar-refractivity contribution is 0.204. The zero-order chi connectivity index (χ0) is 14.5. The summed E-state index contributed by atoms with van der Waals surface area (Å²) >= 11 is 3.29. The van der Waals surface area contributed by atoms with Crippen molar-refractivity contribution in [3.63, 3.8) is 0 Å². The van der Waals surface area contributed by atoms with Gasteiger partial charge < -0.3 is 15.2 Å². The normalized spacial score (nSPS) is 12.0. The van der Waals surface area contributed by atoms with E-state index in [1.807, 2.05) is 24.3 Å². The monoisotopic (exact) mass is 339 g/mol. The maximum Gasteiger partial charge on any atom is 0.165 e. The molecule has 0 saturated heterocycles. The molecule has 0 radical (unpaired) electrons. The maximum atomic E-state index is 13.7. The first-order chi connectivity index (χ1) is 9.63. The molecule has 3 nitrogen and oxygen atoms in total. The fraction of sp³-hybridized carbons (Fsp3) is 0.200. The molecule has 0 amide bonds. The minimum Gasteiger partial charge on any atom is -0.497 e. The first-order valence-electron chi connectivity index (χ1n) is 6.09. The highest BCUT2D eigenvalue weighted by molar-refractivity contribution is 9.10. The van der Waals surface area contributed by atoms with Crippen LogP contribution in [0.3, 0.4) is 0 Å². The second-order valence-electron chi connectivity index (χ2n) is 4.19. The summed E-state index contributed by atoms with van der Waals surface area (Å²) in [5, 5.41) is 0. The molecule has 0 aliphatic rings. The summed E-state index contributed by atoms with van der Waals surface area (Å²) in [5.74, 6) is 0.450. The van der Waals surface area contributed by atoms with E-state index in [2.05, 4.69) is 15.9 Å². The van der Waals surface area contributed by atoms with Gasteiger partial charge >= 0.3 is 0 Å². The number of ether oxygens (including phenoxy) is 2. The van der Waals surface area contributed by atoms with Crippen LogP contribution in [-0.4, -0.2) is 13.7 Å². The number of hydrogen-bond donors (Lipinski definition) is 1. The van der Waals surface area contributed by atoms with Crippen molar-refractivity contribution in [1.82, 2.24) is 0 Å². The van der Waals surface area contributed by atoms with E-state index in [0.717, 1.165) is 10.0 Å². The van der Waals surface area contributed by atoms with E-state index in [-0.39, 0.29) is 12.3 Å². The Hall–Kier alpha value is -1.59. The molecule has 0 aromatic heterocycles. The van der Waals surface area contributed by atoms with Crippen molar-refractivity contribution in [2.45, 2.75) is 6.10 Å². The summed E-state index contributed by atoms with van der Waals surface area (Å²) in [6.45, 7) is 0.235. The van der Waals surface area contributed by atoms with Crippen molar-refractivity contribution >= 4 is 15.9 Å². The zero-order valence-corrected chi connectivity index (χ0v) is 12.6. The van der Waals surface area contributed by atoms with Gasteiger partial charge in [-0.1, -0.05) is 28.1 Å². The first kappa shape index (κ1) is 14.8. The summed E-state index contributed by atoms with van der Waals surface area (Å²) in [7, 11) is 1.59. The van der Waals surface area contributed by atoms with Crippen LogP contribution in [0.15, 0.2) is 46.9 Å². The van der Waals surface area contributed by atoms with Crippen LogP contribution in [0.2, 0.25) is 0 Å². The number of nitrogens with two attached hydrogens (primary N) is 1. The minimum atomic E-state index is -0.436. The third-order valence-corrected chi connectivity index (χ3v) is 3.34. The largest absolute Gasteiger partial charge is 0.497 e. The van der Waals surface area contributed by atoms with Gasteiger partial charge in [-0.05, 0) is 35.9 Å². The van der Waals surface area contributed by atoms with Gasteiger partial charge in [0.1, 0.15) is 11.9 Å². The quantitative estimate of drug-likeness (QED) is 0.903. The molecule has 0 fully saturated rings. The molecule has 2 aromatic carbocycles. The Balaban J connectivity index is 2.26. The zero-order valence-electron chi connectivity index (χ0n) is 11.0. The predicted octanol–water partition coefficient (Wildman–Crippen LogP) is 3.68. The van der Waals surface area contributed by atoms with Gasteiger partial charge in [0, 0.05) is 11.0 Å². The summed E-state index contributed by atoms with van der Waals surface area (Å²) in [6, 6.07) is 11.9. The van der Waals surface area contributed by atoms with Gasteiger partial charge in [-0.15, -0.1) is 0 Å². The fourth-order valence-corrected chi connectivity index (χ4v) is 2.15. The number of rotatable bonds is 5. The Morgan fingerprint density at radius 1 is 1.25 bits per heavy atom. The van der Waals surface area contributed by atoms with Gasteiger partial charge in [-0.25, -0.2) is 4.39 Å². The molecule has 0 bridgehead atoms. The number of hydrogen-bond acceptors (Lipinski definition) is 3. The molecular formula is C15H15BrFNO2. The molecule has 2 rings (SSSR count). The molecule has 1 atom stereocenters. The molecular weight excluding hydrogens is 325 g/mol. The molecule has 5 heteroatoms. The summed E-state index contributed by atoms with van der Waals surface area (Å²) in [6.07, 6.45) is -0.436. The molecule has 106 valence electrons. The molecule has 20 heavy (non-hydrogen) atoms. The van der Waals surface area contributed by atoms with Crippen molar-refractivity contribution in [2.75, 3.05) is 13.7 Å². The minimum absolute atomic E-state index is 0.164. The Labute approximate surface area is 125 Å². The second-order valence-corrected chi connectivity index (χ2v) is 5.11. The topological polar surface area (TPSA) is 44.5 Å². The lowest BCUT2D eigenvalue weighted by Gasteiger charge is -2.19. The molecule has 0 saturated carbocycles. The van der Waals surface area contributed by atoms with Crippen LogP contribution in [0.1, 0.15) is 11.7 Å². The lowest BCUT2D eigenvalue weighted by Crippen LogP contribution is -2.19. The highest BCUT2D eigenvalue weighted by atomic mass is 79.9. The van der Waals surface area contributed by atoms with Crippen molar-refractivity contribution < 1.29 is 13.9 Å². The van der Waals surface area contributed by atoms with Crippen molar-refractivity contribution in [3.05, 3.63) is 58.3 Å². The third kappa shape index (κ3) is 3.49. The maximum absolute atomic E-state index is 13.7. The van der Waals surface area contributed by atoms with Gasteiger partial charge in [-0.2, -0.15) is 0 Å². The Bertz CT molecular complexity index is 592. The van der Waals surface area contributed by atoms with Gasteiger partial charge in [-0.3, -0.25) is 0 Å². The van der Waals surface area contributed by atoms with Crippen molar-refractivity contribution in [2.24, 2.45) is 5.73 Å². The van der Waals surface area contributed by atoms with Crippen molar-refractivity contribution in [1.29, 1.82) is 0 Å². The number of benzene rings is 2. The molecule has 0 spiro atoms. The predicted molar refractivity (Wildman–Crippen MR) is 79.5 cm³/mol. The fourth-order valence-electron chi connectivity index (χ4n) is 1.81. The van der Waals surface area contributed by atoms with Crippen LogP contribution in [0.4, 0.5) is 4.39 Å². The average Bonchev–Trinajstić information content (AvgIpc) is 2.48. The smallest absolute Gasteiger partial charge is 0.165 e. The molecule has 0 heterocycles. The highest BCUT2D eigenvalue weighted by Gasteiger charge is 2.15. The lowest BCUT2D eigenvalue weighted by atomic mass is 10.1. The molecule has 2 N–H and O–H groups in total. The molecule has 2 aromatic rings. The van der Waals surface area contributed by atoms with Crippen LogP contribution in [0.25, 0.3) is 0 Å². The van der Waals surface area contributed by atoms with E-state index in [9.17, 15) is 4.39 Å². The van der Waals surface area contributed by atoms with E-state index in [4.69, 9.17) is 15.2 Å². The van der Waals surface area contributed by atoms with Crippen LogP contribution < -0.4 is 15.2 Å². The van der Waals surface area contributed by atoms with E-state index in [1.54, 1.807) is 19.2 Å². The van der Waals surface area contributed by atoms with Crippen molar-refractivity contribution in [3.8, 4) is 11.5 Å². The van der Waals surface area contributed by atoms with Gasteiger partial charge in [0.25, 0.3) is 0 Å². The Kier molecular flexibility index (Phi) is 4.98. The number of methoxy groups -OCH3 is 1. The first-order valence-corrected chi connectivity index (χ1v) is 6.89. The van der Waals surface area contributed by atoms with E-state index in [1.165, 1.54) is 6.07 Å². The van der Waals surface area contributed by atoms with E-state index >= 15 is 0 Å². The molecule has 0 aliphatic carbocycles. The van der Waals surface area contributed by atoms with E-state index in [0.29, 0.717) is 5.75 Å². The van der Waals surface area contributed by atoms with Gasteiger partial charge in [0.15, 0.2) is 11.6 Å². The standard InChI is InChI=1S/C15H15BrFNO2/c1-19-12-4-2-3-10(7-12)15(9-18)20-14-8-11(16)5-6-13(14)17/h2-8,15H,9,18H2,1H3. The van der Waals surface area contributed by atoms with Crippen LogP contribution in [-0.2, 0) is 0 Å². The van der Waals surface area contributed by atoms with Crippen LogP contribution in [0.5, 0.6) is 11.5 Å². The summed E-state index contributed by atoms with van der Waals surface area (Å²) in [5.41, 5.74) is 6.57. The van der Waals surface area contributed by atoms with Crippen LogP contribution in [0, 0.1) is 5.82 Å². The SMILES string of the molecule is COc1cccc(C(CN)Oc2cc(Br)ccc2F)c1. The second kappa shape index (κ2) is 6.72. The average molecular weight is 340 g/mol. The Morgan fingerprint density at radius 3 is 2.75 bits per heavy atom. The van der Waals surface area contributed by atoms with Gasteiger partial charge in [0.05, 0.1) is 7.11 Å². The molecule has 1 unspecified atom stereocenters. The third-order valence-electron chi connectivity index (χ3n) is 2.84. The summed E-state index contributed by atoms with van der Waals surface area (Å²) in [4.78, 5) is 0. The van der Waals surface area contributed by atoms with Crippen LogP contribution >= 0.6 is 15.9 Å². The van der Waals surface area contributed by atoms with E-state index < -0.39 is 11.9 Å². The van der Waals surface area contributed by atoms with Gasteiger partial charge in [0.2, 0.25) is 0 Å².